The molecule has 0 heterocycles. The van der Waals surface area contributed by atoms with Crippen molar-refractivity contribution in [3.8, 4) is 0 Å². The van der Waals surface area contributed by atoms with E-state index in [-0.39, 0.29) is 5.91 Å². The normalized spacial score (nSPS) is 12.5. The van der Waals surface area contributed by atoms with Crippen molar-refractivity contribution in [1.82, 2.24) is 0 Å². The molecule has 0 aromatic heterocycles. The first kappa shape index (κ1) is 19.0. The number of anilines is 2. The highest BCUT2D eigenvalue weighted by atomic mass is 32.2. The van der Waals surface area contributed by atoms with Gasteiger partial charge in [0.05, 0.1) is 11.9 Å². The van der Waals surface area contributed by atoms with E-state index in [1.165, 1.54) is 0 Å². The minimum atomic E-state index is -3.62. The Morgan fingerprint density at radius 2 is 1.72 bits per heavy atom. The summed E-state index contributed by atoms with van der Waals surface area (Å²) in [4.78, 5) is 12.7. The molecule has 0 saturated heterocycles. The third-order valence-electron chi connectivity index (χ3n) is 4.21. The van der Waals surface area contributed by atoms with Crippen LogP contribution in [-0.4, -0.2) is 26.6 Å². The van der Waals surface area contributed by atoms with Gasteiger partial charge in [0.15, 0.2) is 0 Å². The van der Waals surface area contributed by atoms with Gasteiger partial charge in [-0.2, -0.15) is 0 Å². The second kappa shape index (κ2) is 7.27. The molecule has 0 radical (unpaired) electrons. The number of benzene rings is 2. The molecule has 0 fully saturated rings. The average molecular weight is 360 g/mol. The van der Waals surface area contributed by atoms with Crippen molar-refractivity contribution in [2.45, 2.75) is 33.7 Å². The SMILES string of the molecule is Cc1cccc(N([C@@H](C)C(=O)Nc2cccc(C)c2C)S(C)(=O)=O)c1. The Morgan fingerprint density at radius 1 is 1.08 bits per heavy atom. The molecular formula is C19H24N2O3S. The molecule has 1 atom stereocenters. The van der Waals surface area contributed by atoms with Crippen molar-refractivity contribution < 1.29 is 13.2 Å². The van der Waals surface area contributed by atoms with Gasteiger partial charge in [-0.1, -0.05) is 24.3 Å². The fourth-order valence-corrected chi connectivity index (χ4v) is 3.86. The van der Waals surface area contributed by atoms with E-state index in [1.54, 1.807) is 25.1 Å². The fourth-order valence-electron chi connectivity index (χ4n) is 2.70. The molecule has 134 valence electrons. The Balaban J connectivity index is 2.35. The van der Waals surface area contributed by atoms with E-state index in [1.807, 2.05) is 45.0 Å². The van der Waals surface area contributed by atoms with Gasteiger partial charge in [-0.3, -0.25) is 9.10 Å². The first-order valence-electron chi connectivity index (χ1n) is 8.04. The summed E-state index contributed by atoms with van der Waals surface area (Å²) in [6.45, 7) is 7.35. The molecule has 6 heteroatoms. The molecule has 1 amide bonds. The summed E-state index contributed by atoms with van der Waals surface area (Å²) < 4.78 is 25.8. The highest BCUT2D eigenvalue weighted by Gasteiger charge is 2.29. The predicted molar refractivity (Wildman–Crippen MR) is 103 cm³/mol. The lowest BCUT2D eigenvalue weighted by molar-refractivity contribution is -0.116. The van der Waals surface area contributed by atoms with Crippen LogP contribution in [0.5, 0.6) is 0 Å². The van der Waals surface area contributed by atoms with Gasteiger partial charge in [-0.25, -0.2) is 8.42 Å². The maximum absolute atomic E-state index is 12.7. The minimum absolute atomic E-state index is 0.374. The third-order valence-corrected chi connectivity index (χ3v) is 5.45. The van der Waals surface area contributed by atoms with E-state index in [0.717, 1.165) is 27.3 Å². The Morgan fingerprint density at radius 3 is 2.32 bits per heavy atom. The number of hydrogen-bond acceptors (Lipinski definition) is 3. The average Bonchev–Trinajstić information content (AvgIpc) is 2.50. The highest BCUT2D eigenvalue weighted by molar-refractivity contribution is 7.92. The monoisotopic (exact) mass is 360 g/mol. The van der Waals surface area contributed by atoms with Crippen LogP contribution in [0.15, 0.2) is 42.5 Å². The van der Waals surface area contributed by atoms with Crippen LogP contribution < -0.4 is 9.62 Å². The van der Waals surface area contributed by atoms with Crippen LogP contribution in [-0.2, 0) is 14.8 Å². The number of carbonyl (C=O) groups excluding carboxylic acids is 1. The summed E-state index contributed by atoms with van der Waals surface area (Å²) in [7, 11) is -3.62. The largest absolute Gasteiger partial charge is 0.324 e. The maximum atomic E-state index is 12.7. The lowest BCUT2D eigenvalue weighted by atomic mass is 10.1. The molecule has 5 nitrogen and oxygen atoms in total. The molecule has 0 aliphatic heterocycles. The standard InChI is InChI=1S/C19H24N2O3S/c1-13-8-6-10-17(12-13)21(25(5,23)24)16(4)19(22)20-18-11-7-9-14(2)15(18)3/h6-12,16H,1-5H3,(H,20,22)/t16-/m0/s1. The van der Waals surface area contributed by atoms with E-state index in [0.29, 0.717) is 11.4 Å². The molecule has 0 aliphatic rings. The number of hydrogen-bond donors (Lipinski definition) is 1. The molecule has 0 unspecified atom stereocenters. The smallest absolute Gasteiger partial charge is 0.248 e. The van der Waals surface area contributed by atoms with Crippen LogP contribution in [0, 0.1) is 20.8 Å². The molecule has 2 rings (SSSR count). The Labute approximate surface area is 149 Å². The van der Waals surface area contributed by atoms with Gasteiger partial charge in [0, 0.05) is 5.69 Å². The van der Waals surface area contributed by atoms with E-state index in [2.05, 4.69) is 5.32 Å². The number of nitrogens with zero attached hydrogens (tertiary/aromatic N) is 1. The Bertz CT molecular complexity index is 891. The zero-order valence-corrected chi connectivity index (χ0v) is 16.0. The molecule has 0 aliphatic carbocycles. The number of sulfonamides is 1. The number of amides is 1. The zero-order chi connectivity index (χ0) is 18.8. The second-order valence-corrected chi connectivity index (χ2v) is 8.17. The lowest BCUT2D eigenvalue weighted by Crippen LogP contribution is -2.45. The molecule has 0 spiro atoms. The lowest BCUT2D eigenvalue weighted by Gasteiger charge is -2.28. The quantitative estimate of drug-likeness (QED) is 0.888. The Kier molecular flexibility index (Phi) is 5.52. The van der Waals surface area contributed by atoms with Crippen LogP contribution in [0.3, 0.4) is 0 Å². The van der Waals surface area contributed by atoms with Crippen LogP contribution in [0.4, 0.5) is 11.4 Å². The van der Waals surface area contributed by atoms with Crippen molar-refractivity contribution in [1.29, 1.82) is 0 Å². The van der Waals surface area contributed by atoms with Gasteiger partial charge in [0.1, 0.15) is 6.04 Å². The number of carbonyl (C=O) groups is 1. The Hall–Kier alpha value is -2.34. The van der Waals surface area contributed by atoms with E-state index in [4.69, 9.17) is 0 Å². The number of rotatable bonds is 5. The van der Waals surface area contributed by atoms with Crippen LogP contribution in [0.1, 0.15) is 23.6 Å². The van der Waals surface area contributed by atoms with Crippen molar-refractivity contribution in [2.24, 2.45) is 0 Å². The third kappa shape index (κ3) is 4.39. The molecule has 1 N–H and O–H groups in total. The summed E-state index contributed by atoms with van der Waals surface area (Å²) in [6, 6.07) is 11.9. The molecular weight excluding hydrogens is 336 g/mol. The topological polar surface area (TPSA) is 66.5 Å². The molecule has 25 heavy (non-hydrogen) atoms. The fraction of sp³-hybridized carbons (Fsp3) is 0.316. The van der Waals surface area contributed by atoms with Crippen molar-refractivity contribution >= 4 is 27.3 Å². The highest BCUT2D eigenvalue weighted by Crippen LogP contribution is 2.24. The van der Waals surface area contributed by atoms with Gasteiger partial charge in [0.2, 0.25) is 15.9 Å². The summed E-state index contributed by atoms with van der Waals surface area (Å²) in [5.74, 6) is -0.374. The number of nitrogens with one attached hydrogen (secondary N) is 1. The summed E-state index contributed by atoms with van der Waals surface area (Å²) in [5, 5.41) is 2.84. The van der Waals surface area contributed by atoms with Crippen molar-refractivity contribution in [2.75, 3.05) is 15.9 Å². The van der Waals surface area contributed by atoms with Crippen LogP contribution in [0.25, 0.3) is 0 Å². The predicted octanol–water partition coefficient (Wildman–Crippen LogP) is 3.41. The van der Waals surface area contributed by atoms with Gasteiger partial charge in [0.25, 0.3) is 0 Å². The van der Waals surface area contributed by atoms with Gasteiger partial charge < -0.3 is 5.32 Å². The van der Waals surface area contributed by atoms with E-state index >= 15 is 0 Å². The first-order chi connectivity index (χ1) is 11.6. The van der Waals surface area contributed by atoms with E-state index < -0.39 is 16.1 Å². The van der Waals surface area contributed by atoms with Crippen LogP contribution >= 0.6 is 0 Å². The number of aryl methyl sites for hydroxylation is 2. The summed E-state index contributed by atoms with van der Waals surface area (Å²) in [5.41, 5.74) is 4.11. The molecule has 0 bridgehead atoms. The maximum Gasteiger partial charge on any atom is 0.248 e. The van der Waals surface area contributed by atoms with Gasteiger partial charge in [-0.05, 0) is 62.6 Å². The zero-order valence-electron chi connectivity index (χ0n) is 15.2. The first-order valence-corrected chi connectivity index (χ1v) is 9.89. The van der Waals surface area contributed by atoms with Crippen molar-refractivity contribution in [3.63, 3.8) is 0 Å². The van der Waals surface area contributed by atoms with Gasteiger partial charge >= 0.3 is 0 Å². The molecule has 2 aromatic rings. The van der Waals surface area contributed by atoms with Crippen LogP contribution in [0.2, 0.25) is 0 Å². The molecule has 2 aromatic carbocycles. The van der Waals surface area contributed by atoms with E-state index in [9.17, 15) is 13.2 Å². The molecule has 0 saturated carbocycles. The second-order valence-electron chi connectivity index (χ2n) is 6.31. The van der Waals surface area contributed by atoms with Gasteiger partial charge in [-0.15, -0.1) is 0 Å². The minimum Gasteiger partial charge on any atom is -0.324 e. The summed E-state index contributed by atoms with van der Waals surface area (Å²) >= 11 is 0. The summed E-state index contributed by atoms with van der Waals surface area (Å²) in [6.07, 6.45) is 1.11. The van der Waals surface area contributed by atoms with Crippen molar-refractivity contribution in [3.05, 3.63) is 59.2 Å².